The van der Waals surface area contributed by atoms with Crippen LogP contribution in [0.1, 0.15) is 41.1 Å². The van der Waals surface area contributed by atoms with Crippen molar-refractivity contribution in [3.63, 3.8) is 0 Å². The van der Waals surface area contributed by atoms with E-state index in [1.165, 1.54) is 22.4 Å². The van der Waals surface area contributed by atoms with Gasteiger partial charge >= 0.3 is 0 Å². The van der Waals surface area contributed by atoms with Crippen molar-refractivity contribution in [3.05, 3.63) is 101 Å². The van der Waals surface area contributed by atoms with E-state index in [-0.39, 0.29) is 11.3 Å². The number of amides is 1. The van der Waals surface area contributed by atoms with Crippen molar-refractivity contribution in [2.24, 2.45) is 0 Å². The van der Waals surface area contributed by atoms with Gasteiger partial charge in [-0.3, -0.25) is 14.5 Å². The second kappa shape index (κ2) is 8.58. The number of ketones is 1. The summed E-state index contributed by atoms with van der Waals surface area (Å²) in [5.74, 6) is -0.823. The van der Waals surface area contributed by atoms with E-state index < -0.39 is 17.7 Å². The number of aliphatic hydroxyl groups excluding tert-OH is 1. The number of ether oxygens (including phenoxy) is 1. The summed E-state index contributed by atoms with van der Waals surface area (Å²) in [6, 6.07) is 21.5. The number of anilines is 1. The number of Topliss-reactive ketones (excluding diaryl/α,β-unsaturated/α-hetero) is 1. The molecule has 3 aromatic carbocycles. The third kappa shape index (κ3) is 3.69. The molecule has 5 nitrogen and oxygen atoms in total. The standard InChI is InChI=1S/C28H25NO4/c1-33-23-15-13-22(14-16-23)29-25(19-8-3-2-4-9-19)24(27(31)28(29)32)26(30)21-12-11-18-7-5-6-10-20(18)17-21/h2-4,8-9,11-17,25,30H,5-7,10H2,1H3/b26-24-. The summed E-state index contributed by atoms with van der Waals surface area (Å²) in [4.78, 5) is 27.9. The number of carbonyl (C=O) groups excluding carboxylic acids is 2. The van der Waals surface area contributed by atoms with E-state index in [0.29, 0.717) is 17.0 Å². The maximum Gasteiger partial charge on any atom is 0.300 e. The lowest BCUT2D eigenvalue weighted by Crippen LogP contribution is -2.29. The van der Waals surface area contributed by atoms with Crippen molar-refractivity contribution in [2.45, 2.75) is 31.7 Å². The van der Waals surface area contributed by atoms with Gasteiger partial charge in [-0.05, 0) is 72.7 Å². The molecule has 0 aromatic heterocycles. The molecule has 1 aliphatic carbocycles. The van der Waals surface area contributed by atoms with Crippen molar-refractivity contribution in [1.82, 2.24) is 0 Å². The molecule has 1 N–H and O–H groups in total. The third-order valence-corrected chi connectivity index (χ3v) is 6.53. The molecule has 0 spiro atoms. The van der Waals surface area contributed by atoms with Crippen molar-refractivity contribution in [3.8, 4) is 5.75 Å². The molecule has 5 heteroatoms. The van der Waals surface area contributed by atoms with Gasteiger partial charge in [0.05, 0.1) is 18.7 Å². The van der Waals surface area contributed by atoms with Crippen LogP contribution in [-0.4, -0.2) is 23.9 Å². The highest BCUT2D eigenvalue weighted by Gasteiger charge is 2.46. The van der Waals surface area contributed by atoms with Crippen LogP contribution >= 0.6 is 0 Å². The molecule has 0 bridgehead atoms. The van der Waals surface area contributed by atoms with Crippen LogP contribution in [0, 0.1) is 0 Å². The molecular weight excluding hydrogens is 414 g/mol. The number of rotatable bonds is 4. The van der Waals surface area contributed by atoms with Gasteiger partial charge in [-0.25, -0.2) is 0 Å². The summed E-state index contributed by atoms with van der Waals surface area (Å²) >= 11 is 0. The van der Waals surface area contributed by atoms with Gasteiger partial charge in [0, 0.05) is 11.3 Å². The first-order chi connectivity index (χ1) is 16.1. The molecule has 0 saturated carbocycles. The van der Waals surface area contributed by atoms with Crippen LogP contribution in [0.5, 0.6) is 5.75 Å². The van der Waals surface area contributed by atoms with E-state index in [9.17, 15) is 14.7 Å². The monoisotopic (exact) mass is 439 g/mol. The van der Waals surface area contributed by atoms with Gasteiger partial charge in [-0.15, -0.1) is 0 Å². The van der Waals surface area contributed by atoms with Gasteiger partial charge in [0.25, 0.3) is 11.7 Å². The molecule has 1 aliphatic heterocycles. The van der Waals surface area contributed by atoms with Crippen LogP contribution in [0.2, 0.25) is 0 Å². The summed E-state index contributed by atoms with van der Waals surface area (Å²) in [6.45, 7) is 0. The van der Waals surface area contributed by atoms with Gasteiger partial charge in [0.1, 0.15) is 11.5 Å². The molecule has 1 heterocycles. The maximum atomic E-state index is 13.3. The first-order valence-corrected chi connectivity index (χ1v) is 11.2. The first kappa shape index (κ1) is 21.0. The summed E-state index contributed by atoms with van der Waals surface area (Å²) in [5.41, 5.74) is 4.49. The molecule has 166 valence electrons. The minimum absolute atomic E-state index is 0.109. The third-order valence-electron chi connectivity index (χ3n) is 6.53. The zero-order valence-corrected chi connectivity index (χ0v) is 18.5. The van der Waals surface area contributed by atoms with Crippen LogP contribution < -0.4 is 9.64 Å². The molecule has 1 fully saturated rings. The average Bonchev–Trinajstić information content (AvgIpc) is 3.14. The van der Waals surface area contributed by atoms with Gasteiger partial charge in [-0.1, -0.05) is 42.5 Å². The smallest absolute Gasteiger partial charge is 0.300 e. The normalized spacial score (nSPS) is 19.4. The SMILES string of the molecule is COc1ccc(N2C(=O)C(=O)/C(=C(\O)c3ccc4c(c3)CCCC4)C2c2ccccc2)cc1. The number of aryl methyl sites for hydroxylation is 2. The number of nitrogens with zero attached hydrogens (tertiary/aromatic N) is 1. The van der Waals surface area contributed by atoms with E-state index in [2.05, 4.69) is 0 Å². The number of carbonyl (C=O) groups is 2. The number of benzene rings is 3. The fourth-order valence-electron chi connectivity index (χ4n) is 4.83. The Morgan fingerprint density at radius 1 is 0.909 bits per heavy atom. The maximum absolute atomic E-state index is 13.3. The summed E-state index contributed by atoms with van der Waals surface area (Å²) in [7, 11) is 1.57. The van der Waals surface area contributed by atoms with Crippen molar-refractivity contribution >= 4 is 23.1 Å². The van der Waals surface area contributed by atoms with Gasteiger partial charge in [0.15, 0.2) is 0 Å². The first-order valence-electron chi connectivity index (χ1n) is 11.2. The van der Waals surface area contributed by atoms with E-state index in [4.69, 9.17) is 4.74 Å². The highest BCUT2D eigenvalue weighted by Crippen LogP contribution is 2.42. The second-order valence-corrected chi connectivity index (χ2v) is 8.47. The van der Waals surface area contributed by atoms with E-state index in [1.807, 2.05) is 48.5 Å². The Labute approximate surface area is 192 Å². The molecule has 3 aromatic rings. The van der Waals surface area contributed by atoms with Crippen LogP contribution in [0.4, 0.5) is 5.69 Å². The van der Waals surface area contributed by atoms with Crippen LogP contribution in [-0.2, 0) is 22.4 Å². The number of hydrogen-bond donors (Lipinski definition) is 1. The predicted octanol–water partition coefficient (Wildman–Crippen LogP) is 5.20. The Balaban J connectivity index is 1.66. The highest BCUT2D eigenvalue weighted by molar-refractivity contribution is 6.51. The molecule has 1 saturated heterocycles. The van der Waals surface area contributed by atoms with Crippen LogP contribution in [0.25, 0.3) is 5.76 Å². The highest BCUT2D eigenvalue weighted by atomic mass is 16.5. The lowest BCUT2D eigenvalue weighted by molar-refractivity contribution is -0.132. The largest absolute Gasteiger partial charge is 0.507 e. The fourth-order valence-corrected chi connectivity index (χ4v) is 4.83. The number of hydrogen-bond acceptors (Lipinski definition) is 4. The minimum Gasteiger partial charge on any atom is -0.507 e. The van der Waals surface area contributed by atoms with Gasteiger partial charge < -0.3 is 9.84 Å². The quantitative estimate of drug-likeness (QED) is 0.345. The molecule has 1 amide bonds. The van der Waals surface area contributed by atoms with Gasteiger partial charge in [0.2, 0.25) is 0 Å². The molecule has 1 unspecified atom stereocenters. The zero-order chi connectivity index (χ0) is 22.9. The van der Waals surface area contributed by atoms with Crippen molar-refractivity contribution in [1.29, 1.82) is 0 Å². The van der Waals surface area contributed by atoms with Gasteiger partial charge in [-0.2, -0.15) is 0 Å². The zero-order valence-electron chi connectivity index (χ0n) is 18.5. The van der Waals surface area contributed by atoms with Crippen LogP contribution in [0.15, 0.2) is 78.4 Å². The molecule has 2 aliphatic rings. The Morgan fingerprint density at radius 2 is 1.61 bits per heavy atom. The Bertz CT molecular complexity index is 1240. The van der Waals surface area contributed by atoms with E-state index in [0.717, 1.165) is 24.8 Å². The summed E-state index contributed by atoms with van der Waals surface area (Å²) in [6.07, 6.45) is 4.27. The lowest BCUT2D eigenvalue weighted by Gasteiger charge is -2.25. The number of fused-ring (bicyclic) bond motifs is 1. The van der Waals surface area contributed by atoms with Crippen molar-refractivity contribution in [2.75, 3.05) is 12.0 Å². The van der Waals surface area contributed by atoms with E-state index in [1.54, 1.807) is 31.4 Å². The number of aliphatic hydroxyl groups is 1. The second-order valence-electron chi connectivity index (χ2n) is 8.47. The number of methoxy groups -OCH3 is 1. The Morgan fingerprint density at radius 3 is 2.30 bits per heavy atom. The van der Waals surface area contributed by atoms with Crippen molar-refractivity contribution < 1.29 is 19.4 Å². The Kier molecular flexibility index (Phi) is 5.47. The molecule has 5 rings (SSSR count). The predicted molar refractivity (Wildman–Crippen MR) is 127 cm³/mol. The minimum atomic E-state index is -0.726. The molecule has 33 heavy (non-hydrogen) atoms. The topological polar surface area (TPSA) is 66.8 Å². The Hall–Kier alpha value is -3.86. The molecule has 0 radical (unpaired) electrons. The molecular formula is C28H25NO4. The summed E-state index contributed by atoms with van der Waals surface area (Å²) in [5, 5.41) is 11.3. The van der Waals surface area contributed by atoms with E-state index >= 15 is 0 Å². The average molecular weight is 440 g/mol. The summed E-state index contributed by atoms with van der Waals surface area (Å²) < 4.78 is 5.23. The van der Waals surface area contributed by atoms with Crippen LogP contribution in [0.3, 0.4) is 0 Å². The molecule has 1 atom stereocenters. The fraction of sp³-hybridized carbons (Fsp3) is 0.214. The lowest BCUT2D eigenvalue weighted by atomic mass is 9.88.